The molecule has 0 aliphatic carbocycles. The van der Waals surface area contributed by atoms with Gasteiger partial charge >= 0.3 is 0 Å². The maximum absolute atomic E-state index is 14.9. The van der Waals surface area contributed by atoms with Crippen molar-refractivity contribution < 1.29 is 37.4 Å². The summed E-state index contributed by atoms with van der Waals surface area (Å²) in [7, 11) is 0. The van der Waals surface area contributed by atoms with Gasteiger partial charge < -0.3 is 20.4 Å². The van der Waals surface area contributed by atoms with Gasteiger partial charge in [0.15, 0.2) is 5.60 Å². The fourth-order valence-corrected chi connectivity index (χ4v) is 4.42. The number of amides is 2. The number of anilines is 2. The lowest BCUT2D eigenvalue weighted by molar-refractivity contribution is -0.205. The number of hydrogen-bond donors (Lipinski definition) is 3. The normalized spacial score (nSPS) is 18.6. The van der Waals surface area contributed by atoms with Crippen LogP contribution in [0.4, 0.5) is 28.9 Å². The molecule has 1 aliphatic rings. The van der Waals surface area contributed by atoms with E-state index in [1.54, 1.807) is 0 Å². The van der Waals surface area contributed by atoms with Gasteiger partial charge in [0.2, 0.25) is 0 Å². The molecule has 6 nitrogen and oxygen atoms in total. The average Bonchev–Trinajstić information content (AvgIpc) is 2.94. The third-order valence-electron chi connectivity index (χ3n) is 6.08. The van der Waals surface area contributed by atoms with E-state index in [1.807, 2.05) is 0 Å². The third kappa shape index (κ3) is 4.77. The molecule has 194 valence electrons. The van der Waals surface area contributed by atoms with Crippen molar-refractivity contribution >= 4 is 46.4 Å². The van der Waals surface area contributed by atoms with Crippen LogP contribution in [0.3, 0.4) is 0 Å². The number of rotatable bonds is 4. The molecule has 0 spiro atoms. The molecule has 0 aromatic heterocycles. The van der Waals surface area contributed by atoms with E-state index < -0.39 is 65.1 Å². The first-order chi connectivity index (χ1) is 17.4. The predicted octanol–water partition coefficient (Wildman–Crippen LogP) is 5.39. The highest BCUT2D eigenvalue weighted by Crippen LogP contribution is 2.47. The lowest BCUT2D eigenvalue weighted by Gasteiger charge is -2.33. The molecule has 37 heavy (non-hydrogen) atoms. The monoisotopic (exact) mass is 556 g/mol. The number of hydrogen-bond acceptors (Lipinski definition) is 4. The smallest absolute Gasteiger partial charge is 0.284 e. The first-order valence-corrected chi connectivity index (χ1v) is 11.5. The van der Waals surface area contributed by atoms with Gasteiger partial charge in [-0.3, -0.25) is 9.59 Å². The molecule has 3 N–H and O–H groups in total. The van der Waals surface area contributed by atoms with Crippen LogP contribution >= 0.6 is 23.2 Å². The minimum absolute atomic E-state index is 0.0136. The van der Waals surface area contributed by atoms with Crippen molar-refractivity contribution in [2.75, 3.05) is 23.4 Å². The Morgan fingerprint density at radius 3 is 2.43 bits per heavy atom. The van der Waals surface area contributed by atoms with Crippen LogP contribution in [0.1, 0.15) is 32.7 Å². The van der Waals surface area contributed by atoms with Crippen molar-refractivity contribution in [3.63, 3.8) is 0 Å². The van der Waals surface area contributed by atoms with Crippen LogP contribution in [0.5, 0.6) is 0 Å². The fraction of sp³-hybridized carbons (Fsp3) is 0.200. The van der Waals surface area contributed by atoms with Crippen LogP contribution in [0.2, 0.25) is 10.0 Å². The van der Waals surface area contributed by atoms with E-state index in [2.05, 4.69) is 5.32 Å². The lowest BCUT2D eigenvalue weighted by Crippen LogP contribution is -2.48. The number of aliphatic hydroxyl groups excluding tert-OH is 1. The molecule has 0 fully saturated rings. The molecule has 3 aromatic carbocycles. The van der Waals surface area contributed by atoms with Crippen LogP contribution in [0, 0.1) is 11.6 Å². The Hall–Kier alpha value is -3.18. The molecular weight excluding hydrogens is 539 g/mol. The zero-order valence-electron chi connectivity index (χ0n) is 18.7. The number of carbonyl (C=O) groups is 2. The number of carbonyl (C=O) groups excluding carboxylic acids is 2. The number of halogens is 6. The van der Waals surface area contributed by atoms with Crippen LogP contribution in [-0.2, 0) is 5.60 Å². The number of nitrogens with zero attached hydrogens (tertiary/aromatic N) is 1. The van der Waals surface area contributed by atoms with E-state index in [9.17, 15) is 37.4 Å². The molecule has 3 aromatic rings. The quantitative estimate of drug-likeness (QED) is 0.376. The van der Waals surface area contributed by atoms with Gasteiger partial charge in [0.05, 0.1) is 28.6 Å². The largest absolute Gasteiger partial charge is 0.393 e. The maximum Gasteiger partial charge on any atom is 0.284 e. The molecule has 1 heterocycles. The number of benzene rings is 3. The second-order valence-electron chi connectivity index (χ2n) is 8.34. The molecule has 4 rings (SSSR count). The summed E-state index contributed by atoms with van der Waals surface area (Å²) >= 11 is 11.7. The topological polar surface area (TPSA) is 89.9 Å². The second kappa shape index (κ2) is 9.94. The number of fused-ring (bicyclic) bond motifs is 1. The molecule has 0 bridgehead atoms. The molecule has 0 radical (unpaired) electrons. The molecule has 1 aliphatic heterocycles. The van der Waals surface area contributed by atoms with E-state index in [4.69, 9.17) is 23.2 Å². The van der Waals surface area contributed by atoms with E-state index in [0.717, 1.165) is 35.2 Å². The summed E-state index contributed by atoms with van der Waals surface area (Å²) in [6.07, 6.45) is -1.01. The first-order valence-electron chi connectivity index (χ1n) is 10.8. The number of nitrogens with one attached hydrogen (secondary N) is 1. The minimum Gasteiger partial charge on any atom is -0.393 e. The molecular formula is C25H18Cl2F4N2O4. The summed E-state index contributed by atoms with van der Waals surface area (Å²) in [6, 6.07) is 10.2. The van der Waals surface area contributed by atoms with Crippen molar-refractivity contribution in [3.8, 4) is 0 Å². The van der Waals surface area contributed by atoms with Crippen molar-refractivity contribution in [2.45, 2.75) is 17.9 Å². The highest BCUT2D eigenvalue weighted by molar-refractivity contribution is 6.34. The van der Waals surface area contributed by atoms with Crippen molar-refractivity contribution in [3.05, 3.63) is 93.0 Å². The van der Waals surface area contributed by atoms with E-state index >= 15 is 0 Å². The van der Waals surface area contributed by atoms with Gasteiger partial charge in [-0.25, -0.2) is 17.6 Å². The Balaban J connectivity index is 1.66. The van der Waals surface area contributed by atoms with Crippen molar-refractivity contribution in [1.29, 1.82) is 0 Å². The number of alkyl halides is 2. The average molecular weight is 557 g/mol. The summed E-state index contributed by atoms with van der Waals surface area (Å²) in [5.41, 5.74) is -4.45. The summed E-state index contributed by atoms with van der Waals surface area (Å²) in [6.45, 7) is -1.91. The molecule has 0 saturated heterocycles. The molecule has 0 saturated carbocycles. The summed E-state index contributed by atoms with van der Waals surface area (Å²) in [4.78, 5) is 26.6. The van der Waals surface area contributed by atoms with E-state index in [0.29, 0.717) is 0 Å². The van der Waals surface area contributed by atoms with Crippen molar-refractivity contribution in [2.24, 2.45) is 0 Å². The molecule has 12 heteroatoms. The van der Waals surface area contributed by atoms with Gasteiger partial charge in [-0.2, -0.15) is 0 Å². The Morgan fingerprint density at radius 2 is 1.76 bits per heavy atom. The summed E-state index contributed by atoms with van der Waals surface area (Å²) in [5, 5.41) is 22.1. The first kappa shape index (κ1) is 26.9. The van der Waals surface area contributed by atoms with Crippen LogP contribution in [0.25, 0.3) is 0 Å². The second-order valence-corrected chi connectivity index (χ2v) is 9.16. The highest BCUT2D eigenvalue weighted by atomic mass is 35.5. The Morgan fingerprint density at radius 1 is 1.03 bits per heavy atom. The van der Waals surface area contributed by atoms with E-state index in [1.165, 1.54) is 24.3 Å². The number of aliphatic hydroxyl groups is 2. The molecule has 0 unspecified atom stereocenters. The van der Waals surface area contributed by atoms with Crippen LogP contribution < -0.4 is 10.2 Å². The lowest BCUT2D eigenvalue weighted by atomic mass is 9.86. The van der Waals surface area contributed by atoms with Gasteiger partial charge in [-0.1, -0.05) is 29.3 Å². The molecule has 1 atom stereocenters. The maximum atomic E-state index is 14.9. The van der Waals surface area contributed by atoms with Gasteiger partial charge in [0, 0.05) is 29.1 Å². The zero-order valence-corrected chi connectivity index (χ0v) is 20.3. The Kier molecular flexibility index (Phi) is 7.22. The summed E-state index contributed by atoms with van der Waals surface area (Å²) < 4.78 is 58.2. The van der Waals surface area contributed by atoms with Crippen molar-refractivity contribution in [1.82, 2.24) is 0 Å². The third-order valence-corrected chi connectivity index (χ3v) is 6.70. The Bertz CT molecular complexity index is 1410. The fourth-order valence-electron chi connectivity index (χ4n) is 4.04. The standard InChI is InChI=1S/C25H18Cl2F4N2O4/c26-14-5-7-20-16(11-14)24(37,12-34)25(30,31)8-9-33(20)23(36)13-4-6-19(18(29)10-13)32-22(35)15-2-1-3-17(28)21(15)27/h1-7,10-11,34,37H,8-9,12H2,(H,32,35)/t24-/m0/s1. The van der Waals surface area contributed by atoms with Gasteiger partial charge in [0.1, 0.15) is 11.6 Å². The van der Waals surface area contributed by atoms with Gasteiger partial charge in [-0.05, 0) is 48.5 Å². The molecule has 2 amide bonds. The SMILES string of the molecule is O=C(Nc1ccc(C(=O)N2CCC(F)(F)[C@](O)(CO)c3cc(Cl)ccc32)cc1F)c1cccc(F)c1Cl. The Labute approximate surface area is 218 Å². The zero-order chi connectivity index (χ0) is 27.1. The van der Waals surface area contributed by atoms with Crippen LogP contribution in [-0.4, -0.2) is 41.1 Å². The minimum atomic E-state index is -3.83. The summed E-state index contributed by atoms with van der Waals surface area (Å²) in [5.74, 6) is -7.48. The highest BCUT2D eigenvalue weighted by Gasteiger charge is 2.56. The van der Waals surface area contributed by atoms with Gasteiger partial charge in [0.25, 0.3) is 17.7 Å². The predicted molar refractivity (Wildman–Crippen MR) is 129 cm³/mol. The van der Waals surface area contributed by atoms with Crippen LogP contribution in [0.15, 0.2) is 54.6 Å². The van der Waals surface area contributed by atoms with E-state index in [-0.39, 0.29) is 27.5 Å². The van der Waals surface area contributed by atoms with Gasteiger partial charge in [-0.15, -0.1) is 0 Å².